The predicted molar refractivity (Wildman–Crippen MR) is 151 cm³/mol. The molecule has 2 aliphatic heterocycles. The molecule has 0 radical (unpaired) electrons. The Kier molecular flexibility index (Phi) is 7.50. The maximum absolute atomic E-state index is 11.1. The number of nitrogens with zero attached hydrogens (tertiary/aromatic N) is 5. The van der Waals surface area contributed by atoms with Crippen molar-refractivity contribution in [3.05, 3.63) is 42.2 Å². The van der Waals surface area contributed by atoms with Gasteiger partial charge >= 0.3 is 6.09 Å². The molecule has 40 heavy (non-hydrogen) atoms. The van der Waals surface area contributed by atoms with Gasteiger partial charge < -0.3 is 30.5 Å². The van der Waals surface area contributed by atoms with Gasteiger partial charge in [-0.15, -0.1) is 0 Å². The maximum Gasteiger partial charge on any atom is 0.407 e. The lowest BCUT2D eigenvalue weighted by Crippen LogP contribution is -2.52. The van der Waals surface area contributed by atoms with Crippen LogP contribution >= 0.6 is 0 Å². The molecule has 1 saturated carbocycles. The molecule has 3 aromatic rings. The van der Waals surface area contributed by atoms with Crippen LogP contribution in [0.2, 0.25) is 0 Å². The van der Waals surface area contributed by atoms with Crippen molar-refractivity contribution in [2.75, 3.05) is 31.9 Å². The van der Waals surface area contributed by atoms with E-state index >= 15 is 0 Å². The monoisotopic (exact) mass is 544 g/mol. The third-order valence-corrected chi connectivity index (χ3v) is 8.60. The SMILES string of the molecule is Nc1nc2nc(-c3ccccc3O)cn2cc1C#CCC1CCN([C@H]2C[C@@H](OC3CCN(C(=O)O)CC3)C2)CC1. The number of piperidine rings is 2. The highest BCUT2D eigenvalue weighted by Gasteiger charge is 2.37. The smallest absolute Gasteiger partial charge is 0.407 e. The molecule has 2 aromatic heterocycles. The van der Waals surface area contributed by atoms with Crippen molar-refractivity contribution in [3.63, 3.8) is 0 Å². The van der Waals surface area contributed by atoms with Crippen molar-refractivity contribution in [2.24, 2.45) is 5.92 Å². The number of anilines is 1. The van der Waals surface area contributed by atoms with Crippen LogP contribution in [0.3, 0.4) is 0 Å². The van der Waals surface area contributed by atoms with E-state index in [9.17, 15) is 9.90 Å². The number of aromatic nitrogens is 3. The highest BCUT2D eigenvalue weighted by molar-refractivity contribution is 5.68. The van der Waals surface area contributed by atoms with Crippen LogP contribution in [0.1, 0.15) is 50.5 Å². The molecule has 1 aliphatic carbocycles. The van der Waals surface area contributed by atoms with E-state index in [1.807, 2.05) is 24.5 Å². The topological polar surface area (TPSA) is 129 Å². The number of phenolic OH excluding ortho intramolecular Hbond substituents is 1. The zero-order valence-corrected chi connectivity index (χ0v) is 22.6. The number of hydrogen-bond donors (Lipinski definition) is 3. The van der Waals surface area contributed by atoms with Gasteiger partial charge in [0, 0.05) is 43.5 Å². The summed E-state index contributed by atoms with van der Waals surface area (Å²) in [7, 11) is 0. The summed E-state index contributed by atoms with van der Waals surface area (Å²) in [5.74, 6) is 8.14. The molecule has 10 nitrogen and oxygen atoms in total. The Labute approximate surface area is 233 Å². The minimum Gasteiger partial charge on any atom is -0.507 e. The Bertz CT molecular complexity index is 1420. The standard InChI is InChI=1S/C30H36N6O4/c31-28-21(18-36-19-26(32-29(36)33-28)25-6-1-2-7-27(25)37)5-3-4-20-8-12-34(13-9-20)22-16-24(17-22)40-23-10-14-35(15-11-23)30(38)39/h1-2,6-7,18-20,22-24,37H,4,8-17H2,(H,38,39)(H2,31,32,33)/t22-,24+. The summed E-state index contributed by atoms with van der Waals surface area (Å²) in [4.78, 5) is 24.1. The van der Waals surface area contributed by atoms with Gasteiger partial charge in [0.05, 0.1) is 23.5 Å². The van der Waals surface area contributed by atoms with E-state index < -0.39 is 6.09 Å². The van der Waals surface area contributed by atoms with Crippen LogP contribution in [0.15, 0.2) is 36.7 Å². The number of carbonyl (C=O) groups is 1. The molecule has 4 heterocycles. The zero-order chi connectivity index (χ0) is 27.6. The number of nitrogen functional groups attached to an aromatic ring is 1. The number of nitrogens with two attached hydrogens (primary N) is 1. The van der Waals surface area contributed by atoms with E-state index in [1.165, 1.54) is 4.90 Å². The van der Waals surface area contributed by atoms with E-state index in [0.29, 0.717) is 59.6 Å². The second-order valence-corrected chi connectivity index (χ2v) is 11.2. The summed E-state index contributed by atoms with van der Waals surface area (Å²) >= 11 is 0. The number of benzene rings is 1. The lowest BCUT2D eigenvalue weighted by molar-refractivity contribution is -0.105. The highest BCUT2D eigenvalue weighted by atomic mass is 16.5. The van der Waals surface area contributed by atoms with Gasteiger partial charge in [0.1, 0.15) is 11.6 Å². The second-order valence-electron chi connectivity index (χ2n) is 11.2. The molecule has 4 N–H and O–H groups in total. The summed E-state index contributed by atoms with van der Waals surface area (Å²) in [5.41, 5.74) is 8.15. The van der Waals surface area contributed by atoms with E-state index in [-0.39, 0.29) is 11.9 Å². The van der Waals surface area contributed by atoms with Crippen LogP contribution in [-0.4, -0.2) is 84.9 Å². The molecule has 0 atom stereocenters. The van der Waals surface area contributed by atoms with Gasteiger partial charge in [0.2, 0.25) is 5.78 Å². The lowest BCUT2D eigenvalue weighted by Gasteiger charge is -2.46. The summed E-state index contributed by atoms with van der Waals surface area (Å²) in [6, 6.07) is 7.69. The number of phenols is 1. The van der Waals surface area contributed by atoms with Crippen LogP contribution in [0.5, 0.6) is 5.75 Å². The predicted octanol–water partition coefficient (Wildman–Crippen LogP) is 3.83. The number of imidazole rings is 1. The summed E-state index contributed by atoms with van der Waals surface area (Å²) in [5, 5.41) is 19.3. The number of aromatic hydroxyl groups is 1. The largest absolute Gasteiger partial charge is 0.507 e. The van der Waals surface area contributed by atoms with Crippen LogP contribution in [-0.2, 0) is 4.74 Å². The fraction of sp³-hybridized carbons (Fsp3) is 0.500. The van der Waals surface area contributed by atoms with E-state index in [1.54, 1.807) is 16.5 Å². The Morgan fingerprint density at radius 3 is 2.50 bits per heavy atom. The zero-order valence-electron chi connectivity index (χ0n) is 22.6. The Hall–Kier alpha value is -3.81. The second kappa shape index (κ2) is 11.4. The van der Waals surface area contributed by atoms with E-state index in [2.05, 4.69) is 26.7 Å². The van der Waals surface area contributed by atoms with Gasteiger partial charge in [-0.05, 0) is 69.7 Å². The first-order valence-corrected chi connectivity index (χ1v) is 14.2. The fourth-order valence-corrected chi connectivity index (χ4v) is 6.07. The molecule has 0 spiro atoms. The van der Waals surface area contributed by atoms with Gasteiger partial charge in [0.25, 0.3) is 0 Å². The molecule has 3 fully saturated rings. The molecule has 1 aromatic carbocycles. The number of rotatable bonds is 5. The summed E-state index contributed by atoms with van der Waals surface area (Å²) in [6.07, 6.45) is 10.3. The molecule has 0 unspecified atom stereocenters. The van der Waals surface area contributed by atoms with Gasteiger partial charge in [-0.25, -0.2) is 9.78 Å². The van der Waals surface area contributed by atoms with E-state index in [4.69, 9.17) is 15.6 Å². The lowest BCUT2D eigenvalue weighted by atomic mass is 9.84. The fourth-order valence-electron chi connectivity index (χ4n) is 6.07. The molecule has 1 amide bonds. The third-order valence-electron chi connectivity index (χ3n) is 8.60. The van der Waals surface area contributed by atoms with Crippen LogP contribution in [0.25, 0.3) is 17.0 Å². The Morgan fingerprint density at radius 2 is 1.77 bits per heavy atom. The van der Waals surface area contributed by atoms with Crippen molar-refractivity contribution in [1.29, 1.82) is 0 Å². The minimum absolute atomic E-state index is 0.172. The van der Waals surface area contributed by atoms with Crippen molar-refractivity contribution in [1.82, 2.24) is 24.2 Å². The first kappa shape index (κ1) is 26.4. The summed E-state index contributed by atoms with van der Waals surface area (Å²) in [6.45, 7) is 3.35. The van der Waals surface area contributed by atoms with E-state index in [0.717, 1.165) is 58.0 Å². The normalized spacial score (nSPS) is 22.6. The molecular weight excluding hydrogens is 508 g/mol. The molecule has 2 saturated heterocycles. The summed E-state index contributed by atoms with van der Waals surface area (Å²) < 4.78 is 8.06. The van der Waals surface area contributed by atoms with Gasteiger partial charge in [0.15, 0.2) is 0 Å². The average Bonchev–Trinajstić information content (AvgIpc) is 3.34. The number of amides is 1. The maximum atomic E-state index is 11.1. The average molecular weight is 545 g/mol. The van der Waals surface area contributed by atoms with Crippen LogP contribution in [0, 0.1) is 17.8 Å². The van der Waals surface area contributed by atoms with Gasteiger partial charge in [-0.1, -0.05) is 24.0 Å². The van der Waals surface area contributed by atoms with Crippen LogP contribution in [0.4, 0.5) is 10.6 Å². The number of carboxylic acid groups (broad SMARTS) is 1. The number of para-hydroxylation sites is 1. The number of likely N-dealkylation sites (tertiary alicyclic amines) is 2. The molecule has 3 aliphatic rings. The minimum atomic E-state index is -0.825. The first-order chi connectivity index (χ1) is 19.4. The quantitative estimate of drug-likeness (QED) is 0.414. The van der Waals surface area contributed by atoms with Crippen molar-refractivity contribution in [3.8, 4) is 28.8 Å². The first-order valence-electron chi connectivity index (χ1n) is 14.2. The number of ether oxygens (including phenoxy) is 1. The van der Waals surface area contributed by atoms with Crippen molar-refractivity contribution < 1.29 is 19.7 Å². The highest BCUT2D eigenvalue weighted by Crippen LogP contribution is 2.34. The van der Waals surface area contributed by atoms with Gasteiger partial charge in [-0.3, -0.25) is 4.40 Å². The number of hydrogen-bond acceptors (Lipinski definition) is 7. The van der Waals surface area contributed by atoms with Crippen molar-refractivity contribution >= 4 is 17.7 Å². The molecular formula is C30H36N6O4. The van der Waals surface area contributed by atoms with Gasteiger partial charge in [-0.2, -0.15) is 4.98 Å². The Morgan fingerprint density at radius 1 is 1.02 bits per heavy atom. The third kappa shape index (κ3) is 5.71. The number of fused-ring (bicyclic) bond motifs is 1. The molecule has 0 bridgehead atoms. The molecule has 10 heteroatoms. The Balaban J connectivity index is 0.960. The molecule has 210 valence electrons. The van der Waals surface area contributed by atoms with Crippen LogP contribution < -0.4 is 5.73 Å². The molecule has 6 rings (SSSR count). The van der Waals surface area contributed by atoms with Crippen molar-refractivity contribution in [2.45, 2.75) is 63.2 Å².